The minimum absolute atomic E-state index is 0.0988. The topological polar surface area (TPSA) is 32.3 Å². The average molecular weight is 225 g/mol. The summed E-state index contributed by atoms with van der Waals surface area (Å²) >= 11 is 0. The molecule has 2 heteroatoms. The minimum Gasteiger partial charge on any atom is -0.396 e. The molecule has 1 fully saturated rings. The Morgan fingerprint density at radius 1 is 1.62 bits per heavy atom. The maximum atomic E-state index is 9.50. The second kappa shape index (κ2) is 6.41. The highest BCUT2D eigenvalue weighted by molar-refractivity contribution is 4.94. The van der Waals surface area contributed by atoms with Crippen molar-refractivity contribution in [2.45, 2.75) is 64.5 Å². The van der Waals surface area contributed by atoms with Crippen molar-refractivity contribution in [2.75, 3.05) is 6.61 Å². The molecule has 0 aliphatic heterocycles. The van der Waals surface area contributed by atoms with E-state index in [1.54, 1.807) is 0 Å². The van der Waals surface area contributed by atoms with Crippen LogP contribution < -0.4 is 5.32 Å². The Balaban J connectivity index is 2.47. The standard InChI is InChI=1S/C14H27NO/c1-4-6-8-12(5-2)15-13-9-7-10-14(13,3)11-16/h4,12-13,15-16H,1,5-11H2,2-3H3. The zero-order chi connectivity index (χ0) is 12.0. The van der Waals surface area contributed by atoms with E-state index in [0.29, 0.717) is 18.7 Å². The van der Waals surface area contributed by atoms with Gasteiger partial charge in [-0.3, -0.25) is 0 Å². The summed E-state index contributed by atoms with van der Waals surface area (Å²) in [7, 11) is 0. The first-order valence-electron chi connectivity index (χ1n) is 6.64. The molecule has 16 heavy (non-hydrogen) atoms. The summed E-state index contributed by atoms with van der Waals surface area (Å²) in [5.74, 6) is 0. The van der Waals surface area contributed by atoms with E-state index in [9.17, 15) is 5.11 Å². The lowest BCUT2D eigenvalue weighted by Crippen LogP contribution is -2.46. The molecule has 0 aromatic heterocycles. The van der Waals surface area contributed by atoms with Crippen LogP contribution in [-0.2, 0) is 0 Å². The van der Waals surface area contributed by atoms with Crippen molar-refractivity contribution in [1.29, 1.82) is 0 Å². The van der Waals surface area contributed by atoms with Crippen molar-refractivity contribution in [3.63, 3.8) is 0 Å². The molecule has 1 aliphatic rings. The Morgan fingerprint density at radius 2 is 2.38 bits per heavy atom. The predicted octanol–water partition coefficient (Wildman–Crippen LogP) is 2.87. The molecule has 3 atom stereocenters. The first kappa shape index (κ1) is 13.7. The molecular formula is C14H27NO. The molecule has 2 N–H and O–H groups in total. The van der Waals surface area contributed by atoms with Gasteiger partial charge in [-0.1, -0.05) is 26.3 Å². The number of aliphatic hydroxyl groups excluding tert-OH is 1. The molecule has 1 aliphatic carbocycles. The molecule has 0 amide bonds. The normalized spacial score (nSPS) is 31.6. The van der Waals surface area contributed by atoms with E-state index in [1.807, 2.05) is 6.08 Å². The summed E-state index contributed by atoms with van der Waals surface area (Å²) in [6, 6.07) is 1.07. The van der Waals surface area contributed by atoms with Gasteiger partial charge in [0.05, 0.1) is 0 Å². The molecule has 3 unspecified atom stereocenters. The summed E-state index contributed by atoms with van der Waals surface area (Å²) in [6.45, 7) is 8.52. The largest absolute Gasteiger partial charge is 0.396 e. The fourth-order valence-electron chi connectivity index (χ4n) is 2.72. The third kappa shape index (κ3) is 3.33. The molecule has 0 saturated heterocycles. The maximum Gasteiger partial charge on any atom is 0.0499 e. The fourth-order valence-corrected chi connectivity index (χ4v) is 2.72. The third-order valence-electron chi connectivity index (χ3n) is 4.09. The van der Waals surface area contributed by atoms with Gasteiger partial charge >= 0.3 is 0 Å². The number of aliphatic hydroxyl groups is 1. The van der Waals surface area contributed by atoms with Crippen LogP contribution >= 0.6 is 0 Å². The SMILES string of the molecule is C=CCCC(CC)NC1CCCC1(C)CO. The smallest absolute Gasteiger partial charge is 0.0499 e. The highest BCUT2D eigenvalue weighted by Crippen LogP contribution is 2.37. The van der Waals surface area contributed by atoms with Gasteiger partial charge in [0.25, 0.3) is 0 Å². The van der Waals surface area contributed by atoms with Gasteiger partial charge in [0.15, 0.2) is 0 Å². The van der Waals surface area contributed by atoms with Crippen LogP contribution in [0.5, 0.6) is 0 Å². The zero-order valence-corrected chi connectivity index (χ0v) is 10.8. The van der Waals surface area contributed by atoms with E-state index in [4.69, 9.17) is 0 Å². The van der Waals surface area contributed by atoms with Crippen LogP contribution in [0.3, 0.4) is 0 Å². The van der Waals surface area contributed by atoms with Crippen LogP contribution in [0.4, 0.5) is 0 Å². The highest BCUT2D eigenvalue weighted by atomic mass is 16.3. The van der Waals surface area contributed by atoms with Crippen molar-refractivity contribution < 1.29 is 5.11 Å². The average Bonchev–Trinajstić information content (AvgIpc) is 2.67. The summed E-state index contributed by atoms with van der Waals surface area (Å²) < 4.78 is 0. The lowest BCUT2D eigenvalue weighted by Gasteiger charge is -2.33. The Morgan fingerprint density at radius 3 is 2.94 bits per heavy atom. The number of hydrogen-bond donors (Lipinski definition) is 2. The Hall–Kier alpha value is -0.340. The number of allylic oxidation sites excluding steroid dienone is 1. The first-order valence-corrected chi connectivity index (χ1v) is 6.64. The second-order valence-corrected chi connectivity index (χ2v) is 5.39. The molecule has 1 rings (SSSR count). The third-order valence-corrected chi connectivity index (χ3v) is 4.09. The van der Waals surface area contributed by atoms with E-state index in [-0.39, 0.29) is 5.41 Å². The highest BCUT2D eigenvalue weighted by Gasteiger charge is 2.38. The molecule has 2 nitrogen and oxygen atoms in total. The molecule has 0 spiro atoms. The van der Waals surface area contributed by atoms with E-state index in [2.05, 4.69) is 25.7 Å². The summed E-state index contributed by atoms with van der Waals surface area (Å²) in [4.78, 5) is 0. The van der Waals surface area contributed by atoms with Crippen LogP contribution in [0.1, 0.15) is 52.4 Å². The molecule has 0 bridgehead atoms. The maximum absolute atomic E-state index is 9.50. The van der Waals surface area contributed by atoms with Gasteiger partial charge in [0, 0.05) is 24.1 Å². The van der Waals surface area contributed by atoms with Gasteiger partial charge in [-0.2, -0.15) is 0 Å². The molecule has 0 aromatic carbocycles. The Labute approximate surface area is 100 Å². The van der Waals surface area contributed by atoms with E-state index >= 15 is 0 Å². The van der Waals surface area contributed by atoms with Gasteiger partial charge in [0.2, 0.25) is 0 Å². The monoisotopic (exact) mass is 225 g/mol. The van der Waals surface area contributed by atoms with Gasteiger partial charge in [-0.05, 0) is 32.1 Å². The van der Waals surface area contributed by atoms with E-state index < -0.39 is 0 Å². The number of rotatable bonds is 7. The zero-order valence-electron chi connectivity index (χ0n) is 10.8. The van der Waals surface area contributed by atoms with Crippen molar-refractivity contribution >= 4 is 0 Å². The molecule has 0 aromatic rings. The Kier molecular flexibility index (Phi) is 5.50. The van der Waals surface area contributed by atoms with Gasteiger partial charge in [-0.15, -0.1) is 6.58 Å². The van der Waals surface area contributed by atoms with Crippen LogP contribution in [0.2, 0.25) is 0 Å². The predicted molar refractivity (Wildman–Crippen MR) is 69.5 cm³/mol. The van der Waals surface area contributed by atoms with Crippen LogP contribution in [0.15, 0.2) is 12.7 Å². The van der Waals surface area contributed by atoms with Crippen LogP contribution in [0.25, 0.3) is 0 Å². The molecule has 0 radical (unpaired) electrons. The van der Waals surface area contributed by atoms with Crippen molar-refractivity contribution in [3.8, 4) is 0 Å². The van der Waals surface area contributed by atoms with E-state index in [0.717, 1.165) is 25.7 Å². The van der Waals surface area contributed by atoms with Crippen molar-refractivity contribution in [3.05, 3.63) is 12.7 Å². The van der Waals surface area contributed by atoms with Gasteiger partial charge < -0.3 is 10.4 Å². The van der Waals surface area contributed by atoms with Gasteiger partial charge in [-0.25, -0.2) is 0 Å². The molecule has 1 saturated carbocycles. The second-order valence-electron chi connectivity index (χ2n) is 5.39. The molecular weight excluding hydrogens is 198 g/mol. The Bertz CT molecular complexity index is 217. The lowest BCUT2D eigenvalue weighted by atomic mass is 9.85. The van der Waals surface area contributed by atoms with Crippen LogP contribution in [-0.4, -0.2) is 23.8 Å². The molecule has 94 valence electrons. The number of nitrogens with one attached hydrogen (secondary N) is 1. The van der Waals surface area contributed by atoms with Crippen molar-refractivity contribution in [1.82, 2.24) is 5.32 Å². The first-order chi connectivity index (χ1) is 7.66. The summed E-state index contributed by atoms with van der Waals surface area (Å²) in [5, 5.41) is 13.2. The summed E-state index contributed by atoms with van der Waals surface area (Å²) in [6.07, 6.45) is 9.00. The summed E-state index contributed by atoms with van der Waals surface area (Å²) in [5.41, 5.74) is 0.0988. The minimum atomic E-state index is 0.0988. The quantitative estimate of drug-likeness (QED) is 0.653. The number of hydrogen-bond acceptors (Lipinski definition) is 2. The van der Waals surface area contributed by atoms with E-state index in [1.165, 1.54) is 12.8 Å². The lowest BCUT2D eigenvalue weighted by molar-refractivity contribution is 0.112. The van der Waals surface area contributed by atoms with Crippen LogP contribution in [0, 0.1) is 5.41 Å². The van der Waals surface area contributed by atoms with Gasteiger partial charge in [0.1, 0.15) is 0 Å². The fraction of sp³-hybridized carbons (Fsp3) is 0.857. The van der Waals surface area contributed by atoms with Crippen molar-refractivity contribution in [2.24, 2.45) is 5.41 Å². The molecule has 0 heterocycles.